The zero-order valence-electron chi connectivity index (χ0n) is 14.4. The van der Waals surface area contributed by atoms with E-state index in [1.165, 1.54) is 25.7 Å². The molecule has 1 atom stereocenters. The molecule has 0 bridgehead atoms. The van der Waals surface area contributed by atoms with E-state index in [0.717, 1.165) is 24.2 Å². The summed E-state index contributed by atoms with van der Waals surface area (Å²) in [7, 11) is 0. The van der Waals surface area contributed by atoms with E-state index >= 15 is 0 Å². The lowest BCUT2D eigenvalue weighted by Crippen LogP contribution is -2.37. The second-order valence-corrected chi connectivity index (χ2v) is 7.76. The Hall–Kier alpha value is -1.88. The van der Waals surface area contributed by atoms with Crippen LogP contribution in [0.3, 0.4) is 0 Å². The number of benzene rings is 1. The third kappa shape index (κ3) is 3.06. The molecule has 1 aromatic heterocycles. The molecule has 1 aromatic carbocycles. The molecule has 1 amide bonds. The summed E-state index contributed by atoms with van der Waals surface area (Å²) in [6.45, 7) is 1.99. The van der Waals surface area contributed by atoms with Gasteiger partial charge in [-0.25, -0.2) is 0 Å². The lowest BCUT2D eigenvalue weighted by molar-refractivity contribution is -0.124. The highest BCUT2D eigenvalue weighted by atomic mass is 35.5. The molecule has 0 spiro atoms. The number of nitrogens with zero attached hydrogens (tertiary/aromatic N) is 3. The third-order valence-corrected chi connectivity index (χ3v) is 5.89. The highest BCUT2D eigenvalue weighted by molar-refractivity contribution is 6.30. The molecule has 0 saturated heterocycles. The minimum Gasteiger partial charge on any atom is -0.346 e. The highest BCUT2D eigenvalue weighted by Gasteiger charge is 2.51. The van der Waals surface area contributed by atoms with Gasteiger partial charge in [0.15, 0.2) is 5.82 Å². The fraction of sp³-hybridized carbons (Fsp3) is 0.526. The maximum absolute atomic E-state index is 12.9. The summed E-state index contributed by atoms with van der Waals surface area (Å²) in [6.07, 6.45) is 8.40. The zero-order chi connectivity index (χ0) is 17.4. The van der Waals surface area contributed by atoms with Crippen molar-refractivity contribution in [3.63, 3.8) is 0 Å². The van der Waals surface area contributed by atoms with E-state index in [0.29, 0.717) is 11.1 Å². The van der Waals surface area contributed by atoms with Gasteiger partial charge in [0.05, 0.1) is 11.5 Å². The molecule has 1 N–H and O–H groups in total. The van der Waals surface area contributed by atoms with Crippen LogP contribution >= 0.6 is 11.6 Å². The Morgan fingerprint density at radius 2 is 1.96 bits per heavy atom. The van der Waals surface area contributed by atoms with Crippen molar-refractivity contribution >= 4 is 17.5 Å². The normalized spacial score (nSPS) is 20.4. The van der Waals surface area contributed by atoms with Crippen molar-refractivity contribution in [2.75, 3.05) is 0 Å². The van der Waals surface area contributed by atoms with Crippen LogP contribution in [0.2, 0.25) is 5.02 Å². The van der Waals surface area contributed by atoms with Gasteiger partial charge in [0.25, 0.3) is 0 Å². The summed E-state index contributed by atoms with van der Waals surface area (Å²) >= 11 is 5.97. The molecule has 0 unspecified atom stereocenters. The minimum atomic E-state index is -0.406. The Bertz CT molecular complexity index is 760. The number of carbonyl (C=O) groups is 1. The molecule has 0 aliphatic heterocycles. The first-order valence-electron chi connectivity index (χ1n) is 9.06. The van der Waals surface area contributed by atoms with E-state index in [1.54, 1.807) is 6.33 Å². The maximum Gasteiger partial charge on any atom is 0.231 e. The Labute approximate surface area is 152 Å². The fourth-order valence-corrected chi connectivity index (χ4v) is 4.09. The standard InChI is InChI=1S/C19H23ClN4O/c1-13(17-23-21-12-24(17)16-4-2-3-5-16)22-18(25)19(10-11-19)14-6-8-15(20)9-7-14/h6-9,12-13,16H,2-5,10-11H2,1H3,(H,22,25)/t13-/m1/s1. The summed E-state index contributed by atoms with van der Waals surface area (Å²) < 4.78 is 2.15. The SMILES string of the molecule is C[C@@H](NC(=O)C1(c2ccc(Cl)cc2)CC1)c1nncn1C1CCCC1. The van der Waals surface area contributed by atoms with E-state index in [1.807, 2.05) is 31.2 Å². The molecule has 132 valence electrons. The van der Waals surface area contributed by atoms with Gasteiger partial charge in [-0.2, -0.15) is 0 Å². The van der Waals surface area contributed by atoms with Crippen molar-refractivity contribution in [3.05, 3.63) is 47.0 Å². The van der Waals surface area contributed by atoms with Gasteiger partial charge in [-0.3, -0.25) is 4.79 Å². The zero-order valence-corrected chi connectivity index (χ0v) is 15.2. The molecule has 4 rings (SSSR count). The van der Waals surface area contributed by atoms with Gasteiger partial charge in [0.2, 0.25) is 5.91 Å². The largest absolute Gasteiger partial charge is 0.346 e. The van der Waals surface area contributed by atoms with Crippen LogP contribution in [0.25, 0.3) is 0 Å². The van der Waals surface area contributed by atoms with Crippen LogP contribution in [0.15, 0.2) is 30.6 Å². The second-order valence-electron chi connectivity index (χ2n) is 7.32. The predicted molar refractivity (Wildman–Crippen MR) is 96.4 cm³/mol. The molecule has 2 saturated carbocycles. The average Bonchev–Trinajstić information content (AvgIpc) is 3.02. The van der Waals surface area contributed by atoms with Gasteiger partial charge in [0, 0.05) is 11.1 Å². The molecule has 0 radical (unpaired) electrons. The molecular weight excluding hydrogens is 336 g/mol. The van der Waals surface area contributed by atoms with Crippen LogP contribution in [0.4, 0.5) is 0 Å². The summed E-state index contributed by atoms with van der Waals surface area (Å²) in [5, 5.41) is 12.2. The van der Waals surface area contributed by atoms with Crippen molar-refractivity contribution < 1.29 is 4.79 Å². The van der Waals surface area contributed by atoms with E-state index in [4.69, 9.17) is 11.6 Å². The van der Waals surface area contributed by atoms with Crippen LogP contribution < -0.4 is 5.32 Å². The number of hydrogen-bond donors (Lipinski definition) is 1. The van der Waals surface area contributed by atoms with Gasteiger partial charge in [-0.15, -0.1) is 10.2 Å². The molecule has 1 heterocycles. The van der Waals surface area contributed by atoms with Gasteiger partial charge in [-0.1, -0.05) is 36.6 Å². The number of hydrogen-bond acceptors (Lipinski definition) is 3. The summed E-state index contributed by atoms with van der Waals surface area (Å²) in [5.41, 5.74) is 0.635. The second kappa shape index (κ2) is 6.45. The van der Waals surface area contributed by atoms with Crippen molar-refractivity contribution in [3.8, 4) is 0 Å². The summed E-state index contributed by atoms with van der Waals surface area (Å²) in [5.74, 6) is 0.926. The number of aromatic nitrogens is 3. The van der Waals surface area contributed by atoms with Gasteiger partial charge in [0.1, 0.15) is 6.33 Å². The summed E-state index contributed by atoms with van der Waals surface area (Å²) in [6, 6.07) is 7.94. The number of nitrogens with one attached hydrogen (secondary N) is 1. The molecule has 2 fully saturated rings. The van der Waals surface area contributed by atoms with Gasteiger partial charge >= 0.3 is 0 Å². The number of carbonyl (C=O) groups excluding carboxylic acids is 1. The fourth-order valence-electron chi connectivity index (χ4n) is 3.97. The molecule has 25 heavy (non-hydrogen) atoms. The molecular formula is C19H23ClN4O. The topological polar surface area (TPSA) is 59.8 Å². The molecule has 6 heteroatoms. The lowest BCUT2D eigenvalue weighted by atomic mass is 9.94. The Balaban J connectivity index is 1.49. The van der Waals surface area contributed by atoms with E-state index < -0.39 is 5.41 Å². The number of halogens is 1. The van der Waals surface area contributed by atoms with Crippen LogP contribution in [-0.2, 0) is 10.2 Å². The quantitative estimate of drug-likeness (QED) is 0.880. The first kappa shape index (κ1) is 16.6. The van der Waals surface area contributed by atoms with Crippen molar-refractivity contribution in [1.82, 2.24) is 20.1 Å². The van der Waals surface area contributed by atoms with Crippen LogP contribution in [0.5, 0.6) is 0 Å². The van der Waals surface area contributed by atoms with Gasteiger partial charge < -0.3 is 9.88 Å². The summed E-state index contributed by atoms with van der Waals surface area (Å²) in [4.78, 5) is 12.9. The smallest absolute Gasteiger partial charge is 0.231 e. The van der Waals surface area contributed by atoms with E-state index in [9.17, 15) is 4.79 Å². The van der Waals surface area contributed by atoms with Crippen LogP contribution in [0, 0.1) is 0 Å². The van der Waals surface area contributed by atoms with E-state index in [-0.39, 0.29) is 11.9 Å². The number of rotatable bonds is 5. The van der Waals surface area contributed by atoms with Gasteiger partial charge in [-0.05, 0) is 50.3 Å². The Kier molecular flexibility index (Phi) is 4.28. The molecule has 2 aliphatic carbocycles. The van der Waals surface area contributed by atoms with Crippen molar-refractivity contribution in [2.24, 2.45) is 0 Å². The van der Waals surface area contributed by atoms with Crippen molar-refractivity contribution in [2.45, 2.75) is 62.9 Å². The first-order valence-corrected chi connectivity index (χ1v) is 9.44. The highest BCUT2D eigenvalue weighted by Crippen LogP contribution is 2.49. The maximum atomic E-state index is 12.9. The third-order valence-electron chi connectivity index (χ3n) is 5.64. The predicted octanol–water partition coefficient (Wildman–Crippen LogP) is 3.96. The van der Waals surface area contributed by atoms with Crippen LogP contribution in [0.1, 0.15) is 68.9 Å². The van der Waals surface area contributed by atoms with Crippen molar-refractivity contribution in [1.29, 1.82) is 0 Å². The first-order chi connectivity index (χ1) is 12.1. The average molecular weight is 359 g/mol. The Morgan fingerprint density at radius 3 is 2.60 bits per heavy atom. The monoisotopic (exact) mass is 358 g/mol. The van der Waals surface area contributed by atoms with Crippen LogP contribution in [-0.4, -0.2) is 20.7 Å². The molecule has 2 aromatic rings. The number of amides is 1. The molecule has 2 aliphatic rings. The lowest BCUT2D eigenvalue weighted by Gasteiger charge is -2.22. The Morgan fingerprint density at radius 1 is 1.28 bits per heavy atom. The minimum absolute atomic E-state index is 0.0725. The molecule has 5 nitrogen and oxygen atoms in total. The van der Waals surface area contributed by atoms with E-state index in [2.05, 4.69) is 20.1 Å².